The summed E-state index contributed by atoms with van der Waals surface area (Å²) in [7, 11) is -3.53. The summed E-state index contributed by atoms with van der Waals surface area (Å²) in [6.45, 7) is 5.48. The van der Waals surface area contributed by atoms with Crippen molar-refractivity contribution in [3.05, 3.63) is 53.1 Å². The highest BCUT2D eigenvalue weighted by Gasteiger charge is 2.18. The molecule has 2 aromatic carbocycles. The number of halogens is 1. The second kappa shape index (κ2) is 10.7. The van der Waals surface area contributed by atoms with E-state index >= 15 is 0 Å². The summed E-state index contributed by atoms with van der Waals surface area (Å²) in [6, 6.07) is 13.0. The number of aryl methyl sites for hydroxylation is 1. The highest BCUT2D eigenvalue weighted by molar-refractivity contribution is 7.98. The number of nitrogens with zero attached hydrogens (tertiary/aromatic N) is 2. The van der Waals surface area contributed by atoms with Gasteiger partial charge in [-0.3, -0.25) is 0 Å². The van der Waals surface area contributed by atoms with Crippen LogP contribution in [0, 0.1) is 0 Å². The Labute approximate surface area is 188 Å². The lowest BCUT2D eigenvalue weighted by atomic mass is 10.2. The Morgan fingerprint density at radius 2 is 1.87 bits per heavy atom. The lowest BCUT2D eigenvalue weighted by Gasteiger charge is -2.09. The number of hydrogen-bond acceptors (Lipinski definition) is 4. The summed E-state index contributed by atoms with van der Waals surface area (Å²) in [5.74, 6) is 0.707. The number of nitrogens with one attached hydrogen (secondary N) is 1. The molecule has 3 rings (SSSR count). The molecule has 0 bridgehead atoms. The van der Waals surface area contributed by atoms with Crippen LogP contribution in [-0.4, -0.2) is 24.5 Å². The summed E-state index contributed by atoms with van der Waals surface area (Å²) in [5.41, 5.74) is 2.71. The SMILES string of the molecule is CCCCNS(=O)(=O)c1ccc2c(c1)nc(SCc1ccccc1Cl)n2CCCC. The molecule has 8 heteroatoms. The molecule has 0 atom stereocenters. The molecule has 0 saturated carbocycles. The van der Waals surface area contributed by atoms with Gasteiger partial charge in [-0.15, -0.1) is 0 Å². The maximum absolute atomic E-state index is 12.6. The van der Waals surface area contributed by atoms with Crippen LogP contribution in [0.1, 0.15) is 45.1 Å². The molecule has 30 heavy (non-hydrogen) atoms. The Hall–Kier alpha value is -1.54. The van der Waals surface area contributed by atoms with Gasteiger partial charge < -0.3 is 4.57 Å². The van der Waals surface area contributed by atoms with Crippen molar-refractivity contribution in [2.75, 3.05) is 6.54 Å². The minimum atomic E-state index is -3.53. The molecule has 0 unspecified atom stereocenters. The number of aromatic nitrogens is 2. The Bertz CT molecular complexity index is 1100. The third-order valence-corrected chi connectivity index (χ3v) is 7.72. The van der Waals surface area contributed by atoms with Gasteiger partial charge in [0.1, 0.15) is 0 Å². The molecule has 0 radical (unpaired) electrons. The van der Waals surface area contributed by atoms with Crippen LogP contribution in [0.2, 0.25) is 5.02 Å². The fraction of sp³-hybridized carbons (Fsp3) is 0.409. The number of hydrogen-bond donors (Lipinski definition) is 1. The van der Waals surface area contributed by atoms with Gasteiger partial charge in [-0.2, -0.15) is 0 Å². The molecule has 162 valence electrons. The van der Waals surface area contributed by atoms with E-state index in [1.807, 2.05) is 37.3 Å². The summed E-state index contributed by atoms with van der Waals surface area (Å²) < 4.78 is 30.0. The highest BCUT2D eigenvalue weighted by Crippen LogP contribution is 2.30. The average Bonchev–Trinajstić information content (AvgIpc) is 3.08. The zero-order chi connectivity index (χ0) is 21.6. The van der Waals surface area contributed by atoms with Crippen LogP contribution in [0.25, 0.3) is 11.0 Å². The maximum atomic E-state index is 12.6. The lowest BCUT2D eigenvalue weighted by molar-refractivity contribution is 0.578. The molecule has 0 aliphatic rings. The van der Waals surface area contributed by atoms with Crippen molar-refractivity contribution < 1.29 is 8.42 Å². The number of unbranched alkanes of at least 4 members (excludes halogenated alkanes) is 2. The van der Waals surface area contributed by atoms with Gasteiger partial charge in [0.15, 0.2) is 5.16 Å². The summed E-state index contributed by atoms with van der Waals surface area (Å²) in [6.07, 6.45) is 3.86. The first-order valence-electron chi connectivity index (χ1n) is 10.3. The molecular weight excluding hydrogens is 438 g/mol. The van der Waals surface area contributed by atoms with E-state index in [4.69, 9.17) is 16.6 Å². The Morgan fingerprint density at radius 1 is 1.10 bits per heavy atom. The average molecular weight is 466 g/mol. The summed E-state index contributed by atoms with van der Waals surface area (Å²) in [5, 5.41) is 1.62. The number of benzene rings is 2. The van der Waals surface area contributed by atoms with Crippen molar-refractivity contribution in [2.24, 2.45) is 0 Å². The number of sulfonamides is 1. The van der Waals surface area contributed by atoms with Crippen LogP contribution in [0.5, 0.6) is 0 Å². The molecule has 0 fully saturated rings. The van der Waals surface area contributed by atoms with Gasteiger partial charge in [-0.25, -0.2) is 18.1 Å². The zero-order valence-electron chi connectivity index (χ0n) is 17.4. The van der Waals surface area contributed by atoms with Crippen molar-refractivity contribution in [1.82, 2.24) is 14.3 Å². The molecule has 3 aromatic rings. The summed E-state index contributed by atoms with van der Waals surface area (Å²) in [4.78, 5) is 5.03. The van der Waals surface area contributed by atoms with E-state index in [1.54, 1.807) is 23.9 Å². The molecule has 1 heterocycles. The number of thioether (sulfide) groups is 1. The molecule has 0 aliphatic carbocycles. The third kappa shape index (κ3) is 5.58. The monoisotopic (exact) mass is 465 g/mol. The molecule has 0 aliphatic heterocycles. The Kier molecular flexibility index (Phi) is 8.22. The second-order valence-electron chi connectivity index (χ2n) is 7.18. The standard InChI is InChI=1S/C22H28ClN3O2S2/c1-3-5-13-24-30(27,28)18-11-12-21-20(15-18)25-22(26(21)14-6-4-2)29-16-17-9-7-8-10-19(17)23/h7-12,15,24H,3-6,13-14,16H2,1-2H3. The summed E-state index contributed by atoms with van der Waals surface area (Å²) >= 11 is 7.92. The van der Waals surface area contributed by atoms with E-state index in [9.17, 15) is 8.42 Å². The predicted octanol–water partition coefficient (Wildman–Crippen LogP) is 5.86. The van der Waals surface area contributed by atoms with Crippen LogP contribution in [0.3, 0.4) is 0 Å². The van der Waals surface area contributed by atoms with Crippen molar-refractivity contribution in [3.8, 4) is 0 Å². The number of imidazole rings is 1. The van der Waals surface area contributed by atoms with Crippen LogP contribution in [-0.2, 0) is 22.3 Å². The predicted molar refractivity (Wildman–Crippen MR) is 126 cm³/mol. The van der Waals surface area contributed by atoms with Gasteiger partial charge in [0.05, 0.1) is 15.9 Å². The molecular formula is C22H28ClN3O2S2. The zero-order valence-corrected chi connectivity index (χ0v) is 19.8. The maximum Gasteiger partial charge on any atom is 0.240 e. The topological polar surface area (TPSA) is 64.0 Å². The lowest BCUT2D eigenvalue weighted by Crippen LogP contribution is -2.24. The van der Waals surface area contributed by atoms with E-state index in [1.165, 1.54) is 0 Å². The first-order chi connectivity index (χ1) is 14.5. The van der Waals surface area contributed by atoms with E-state index in [-0.39, 0.29) is 4.90 Å². The van der Waals surface area contributed by atoms with Gasteiger partial charge >= 0.3 is 0 Å². The van der Waals surface area contributed by atoms with Crippen LogP contribution >= 0.6 is 23.4 Å². The second-order valence-corrected chi connectivity index (χ2v) is 10.3. The van der Waals surface area contributed by atoms with Crippen molar-refractivity contribution in [2.45, 2.75) is 61.9 Å². The number of rotatable bonds is 11. The first kappa shape index (κ1) is 23.1. The molecule has 1 N–H and O–H groups in total. The van der Waals surface area contributed by atoms with Crippen molar-refractivity contribution in [1.29, 1.82) is 0 Å². The van der Waals surface area contributed by atoms with Crippen molar-refractivity contribution >= 4 is 44.4 Å². The van der Waals surface area contributed by atoms with Gasteiger partial charge in [-0.1, -0.05) is 68.3 Å². The van der Waals surface area contributed by atoms with Gasteiger partial charge in [0.2, 0.25) is 10.0 Å². The fourth-order valence-electron chi connectivity index (χ4n) is 3.12. The fourth-order valence-corrected chi connectivity index (χ4v) is 5.54. The quantitative estimate of drug-likeness (QED) is 0.284. The molecule has 1 aromatic heterocycles. The highest BCUT2D eigenvalue weighted by atomic mass is 35.5. The van der Waals surface area contributed by atoms with Gasteiger partial charge in [-0.05, 0) is 42.7 Å². The van der Waals surface area contributed by atoms with Crippen molar-refractivity contribution in [3.63, 3.8) is 0 Å². The first-order valence-corrected chi connectivity index (χ1v) is 13.2. The van der Waals surface area contributed by atoms with Crippen LogP contribution < -0.4 is 4.72 Å². The normalized spacial score (nSPS) is 12.0. The van der Waals surface area contributed by atoms with E-state index in [2.05, 4.69) is 16.2 Å². The Balaban J connectivity index is 1.91. The third-order valence-electron chi connectivity index (χ3n) is 4.87. The van der Waals surface area contributed by atoms with Gasteiger partial charge in [0, 0.05) is 23.9 Å². The largest absolute Gasteiger partial charge is 0.319 e. The number of fused-ring (bicyclic) bond motifs is 1. The van der Waals surface area contributed by atoms with E-state index < -0.39 is 10.0 Å². The molecule has 0 spiro atoms. The van der Waals surface area contributed by atoms with Crippen LogP contribution in [0.4, 0.5) is 0 Å². The van der Waals surface area contributed by atoms with Gasteiger partial charge in [0.25, 0.3) is 0 Å². The molecule has 5 nitrogen and oxygen atoms in total. The smallest absolute Gasteiger partial charge is 0.240 e. The minimum Gasteiger partial charge on any atom is -0.319 e. The van der Waals surface area contributed by atoms with E-state index in [0.717, 1.165) is 53.5 Å². The van der Waals surface area contributed by atoms with Crippen LogP contribution in [0.15, 0.2) is 52.5 Å². The molecule has 0 amide bonds. The minimum absolute atomic E-state index is 0.258. The molecule has 0 saturated heterocycles. The van der Waals surface area contributed by atoms with E-state index in [0.29, 0.717) is 17.8 Å². The Morgan fingerprint density at radius 3 is 2.60 bits per heavy atom.